The zero-order chi connectivity index (χ0) is 16.1. The smallest absolute Gasteiger partial charge is 0.305 e. The normalized spacial score (nSPS) is 12.1. The lowest BCUT2D eigenvalue weighted by Gasteiger charge is -2.21. The maximum atomic E-state index is 11.2. The van der Waals surface area contributed by atoms with Crippen LogP contribution in [0.3, 0.4) is 0 Å². The van der Waals surface area contributed by atoms with Gasteiger partial charge in [-0.3, -0.25) is 9.78 Å². The summed E-state index contributed by atoms with van der Waals surface area (Å²) in [5.41, 5.74) is 5.61. The summed E-state index contributed by atoms with van der Waals surface area (Å²) in [5, 5.41) is 12.6. The summed E-state index contributed by atoms with van der Waals surface area (Å²) in [6, 6.07) is 7.78. The Morgan fingerprint density at radius 2 is 2.00 bits per heavy atom. The average Bonchev–Trinajstić information content (AvgIpc) is 2.47. The standard InChI is InChI=1S/C18H22N2O2/c1-12-5-4-6-16(14(12)3)17(9-18(21)22)20-11-15-7-8-19-10-13(15)2/h4-8,10,17,20H,9,11H2,1-3H3,(H,21,22)/t17-/m1/s1. The van der Waals surface area contributed by atoms with Crippen LogP contribution in [0.25, 0.3) is 0 Å². The molecular formula is C18H22N2O2. The van der Waals surface area contributed by atoms with Gasteiger partial charge in [0.25, 0.3) is 0 Å². The molecule has 1 aromatic carbocycles. The summed E-state index contributed by atoms with van der Waals surface area (Å²) in [6.45, 7) is 6.72. The van der Waals surface area contributed by atoms with Crippen LogP contribution in [0, 0.1) is 20.8 Å². The second kappa shape index (κ2) is 7.18. The fourth-order valence-electron chi connectivity index (χ4n) is 2.55. The molecule has 2 aromatic rings. The van der Waals surface area contributed by atoms with Crippen molar-refractivity contribution in [2.45, 2.75) is 39.8 Å². The zero-order valence-corrected chi connectivity index (χ0v) is 13.3. The van der Waals surface area contributed by atoms with E-state index in [1.54, 1.807) is 6.20 Å². The van der Waals surface area contributed by atoms with E-state index in [1.165, 1.54) is 5.56 Å². The molecule has 0 unspecified atom stereocenters. The topological polar surface area (TPSA) is 62.2 Å². The Labute approximate surface area is 131 Å². The van der Waals surface area contributed by atoms with E-state index in [9.17, 15) is 9.90 Å². The van der Waals surface area contributed by atoms with E-state index in [2.05, 4.69) is 10.3 Å². The third-order valence-electron chi connectivity index (χ3n) is 4.08. The Balaban J connectivity index is 2.21. The van der Waals surface area contributed by atoms with Gasteiger partial charge in [0.15, 0.2) is 0 Å². The highest BCUT2D eigenvalue weighted by molar-refractivity contribution is 5.68. The molecule has 0 saturated heterocycles. The number of benzene rings is 1. The van der Waals surface area contributed by atoms with Crippen molar-refractivity contribution in [3.63, 3.8) is 0 Å². The number of nitrogens with zero attached hydrogens (tertiary/aromatic N) is 1. The Kier molecular flexibility index (Phi) is 5.28. The van der Waals surface area contributed by atoms with Crippen molar-refractivity contribution in [1.29, 1.82) is 0 Å². The largest absolute Gasteiger partial charge is 0.481 e. The summed E-state index contributed by atoms with van der Waals surface area (Å²) in [6.07, 6.45) is 3.64. The van der Waals surface area contributed by atoms with Gasteiger partial charge in [0.1, 0.15) is 0 Å². The lowest BCUT2D eigenvalue weighted by Crippen LogP contribution is -2.25. The van der Waals surface area contributed by atoms with Crippen LogP contribution < -0.4 is 5.32 Å². The highest BCUT2D eigenvalue weighted by atomic mass is 16.4. The fourth-order valence-corrected chi connectivity index (χ4v) is 2.55. The van der Waals surface area contributed by atoms with Gasteiger partial charge < -0.3 is 10.4 Å². The number of carboxylic acid groups (broad SMARTS) is 1. The summed E-state index contributed by atoms with van der Waals surface area (Å²) >= 11 is 0. The first-order chi connectivity index (χ1) is 10.5. The van der Waals surface area contributed by atoms with Crippen molar-refractivity contribution in [1.82, 2.24) is 10.3 Å². The molecule has 1 heterocycles. The van der Waals surface area contributed by atoms with Crippen molar-refractivity contribution in [2.75, 3.05) is 0 Å². The van der Waals surface area contributed by atoms with Crippen LogP contribution in [0.2, 0.25) is 0 Å². The lowest BCUT2D eigenvalue weighted by atomic mass is 9.95. The van der Waals surface area contributed by atoms with Gasteiger partial charge in [0.2, 0.25) is 0 Å². The number of hydrogen-bond acceptors (Lipinski definition) is 3. The number of carbonyl (C=O) groups is 1. The minimum absolute atomic E-state index is 0.0639. The molecule has 0 spiro atoms. The van der Waals surface area contributed by atoms with Gasteiger partial charge in [-0.1, -0.05) is 18.2 Å². The van der Waals surface area contributed by atoms with Crippen molar-refractivity contribution in [3.8, 4) is 0 Å². The number of rotatable bonds is 6. The van der Waals surface area contributed by atoms with Gasteiger partial charge in [-0.15, -0.1) is 0 Å². The molecule has 0 fully saturated rings. The van der Waals surface area contributed by atoms with Gasteiger partial charge in [-0.2, -0.15) is 0 Å². The molecule has 116 valence electrons. The third kappa shape index (κ3) is 3.92. The van der Waals surface area contributed by atoms with E-state index in [0.717, 1.165) is 22.3 Å². The third-order valence-corrected chi connectivity index (χ3v) is 4.08. The van der Waals surface area contributed by atoms with Crippen LogP contribution in [0.4, 0.5) is 0 Å². The van der Waals surface area contributed by atoms with Crippen molar-refractivity contribution in [2.24, 2.45) is 0 Å². The number of aryl methyl sites for hydroxylation is 2. The van der Waals surface area contributed by atoms with Crippen molar-refractivity contribution < 1.29 is 9.90 Å². The van der Waals surface area contributed by atoms with Gasteiger partial charge in [0.05, 0.1) is 6.42 Å². The first-order valence-electron chi connectivity index (χ1n) is 7.40. The molecule has 0 saturated carbocycles. The molecule has 0 radical (unpaired) electrons. The predicted octanol–water partition coefficient (Wildman–Crippen LogP) is 3.31. The maximum Gasteiger partial charge on any atom is 0.305 e. The molecule has 2 N–H and O–H groups in total. The van der Waals surface area contributed by atoms with Crippen LogP contribution in [0.5, 0.6) is 0 Å². The quantitative estimate of drug-likeness (QED) is 0.859. The summed E-state index contributed by atoms with van der Waals surface area (Å²) < 4.78 is 0. The second-order valence-electron chi connectivity index (χ2n) is 5.62. The Morgan fingerprint density at radius 1 is 1.23 bits per heavy atom. The maximum absolute atomic E-state index is 11.2. The molecule has 22 heavy (non-hydrogen) atoms. The fraction of sp³-hybridized carbons (Fsp3) is 0.333. The van der Waals surface area contributed by atoms with Crippen LogP contribution in [-0.2, 0) is 11.3 Å². The highest BCUT2D eigenvalue weighted by Crippen LogP contribution is 2.24. The SMILES string of the molecule is Cc1cnccc1CN[C@H](CC(=O)O)c1cccc(C)c1C. The molecule has 0 aliphatic carbocycles. The summed E-state index contributed by atoms with van der Waals surface area (Å²) in [7, 11) is 0. The Bertz CT molecular complexity index is 668. The van der Waals surface area contributed by atoms with Crippen LogP contribution in [0.15, 0.2) is 36.7 Å². The number of nitrogens with one attached hydrogen (secondary N) is 1. The van der Waals surface area contributed by atoms with Crippen LogP contribution >= 0.6 is 0 Å². The first-order valence-corrected chi connectivity index (χ1v) is 7.40. The monoisotopic (exact) mass is 298 g/mol. The molecule has 0 amide bonds. The first kappa shape index (κ1) is 16.2. The van der Waals surface area contributed by atoms with Gasteiger partial charge in [-0.05, 0) is 54.7 Å². The number of aliphatic carboxylic acids is 1. The molecule has 0 aliphatic heterocycles. The second-order valence-corrected chi connectivity index (χ2v) is 5.62. The van der Waals surface area contributed by atoms with Crippen molar-refractivity contribution >= 4 is 5.97 Å². The zero-order valence-electron chi connectivity index (χ0n) is 13.3. The Hall–Kier alpha value is -2.20. The van der Waals surface area contributed by atoms with Gasteiger partial charge >= 0.3 is 5.97 Å². The minimum Gasteiger partial charge on any atom is -0.481 e. The summed E-state index contributed by atoms with van der Waals surface area (Å²) in [5.74, 6) is -0.801. The van der Waals surface area contributed by atoms with E-state index < -0.39 is 5.97 Å². The van der Waals surface area contributed by atoms with Gasteiger partial charge in [0, 0.05) is 25.0 Å². The van der Waals surface area contributed by atoms with E-state index in [4.69, 9.17) is 0 Å². The van der Waals surface area contributed by atoms with E-state index in [-0.39, 0.29) is 12.5 Å². The minimum atomic E-state index is -0.801. The molecule has 1 aromatic heterocycles. The molecule has 4 heteroatoms. The van der Waals surface area contributed by atoms with Gasteiger partial charge in [-0.25, -0.2) is 0 Å². The molecule has 4 nitrogen and oxygen atoms in total. The summed E-state index contributed by atoms with van der Waals surface area (Å²) in [4.78, 5) is 15.3. The predicted molar refractivity (Wildman–Crippen MR) is 86.7 cm³/mol. The molecule has 0 bridgehead atoms. The lowest BCUT2D eigenvalue weighted by molar-refractivity contribution is -0.137. The highest BCUT2D eigenvalue weighted by Gasteiger charge is 2.18. The van der Waals surface area contributed by atoms with Crippen LogP contribution in [-0.4, -0.2) is 16.1 Å². The van der Waals surface area contributed by atoms with Crippen molar-refractivity contribution in [3.05, 3.63) is 64.5 Å². The molecule has 0 aliphatic rings. The average molecular weight is 298 g/mol. The van der Waals surface area contributed by atoms with E-state index in [0.29, 0.717) is 6.54 Å². The number of aromatic nitrogens is 1. The number of pyridine rings is 1. The Morgan fingerprint density at radius 3 is 2.68 bits per heavy atom. The van der Waals surface area contributed by atoms with E-state index >= 15 is 0 Å². The van der Waals surface area contributed by atoms with E-state index in [1.807, 2.05) is 51.2 Å². The number of carboxylic acids is 1. The molecule has 2 rings (SSSR count). The van der Waals surface area contributed by atoms with Crippen LogP contribution in [0.1, 0.15) is 40.3 Å². The molecule has 1 atom stereocenters. The molecular weight excluding hydrogens is 276 g/mol. The number of hydrogen-bond donors (Lipinski definition) is 2.